The molecule has 27 heavy (non-hydrogen) atoms. The molecule has 1 heterocycles. The van der Waals surface area contributed by atoms with Crippen molar-refractivity contribution < 1.29 is 19.2 Å². The Balaban J connectivity index is 1.78. The Labute approximate surface area is 153 Å². The van der Waals surface area contributed by atoms with E-state index < -0.39 is 10.9 Å². The Morgan fingerprint density at radius 2 is 1.93 bits per heavy atom. The first kappa shape index (κ1) is 16.5. The summed E-state index contributed by atoms with van der Waals surface area (Å²) in [5.74, 6) is -0.660. The Hall–Kier alpha value is -4.00. The third-order valence-electron chi connectivity index (χ3n) is 4.15. The molecule has 0 unspecified atom stereocenters. The number of nitrogens with zero attached hydrogens (tertiary/aromatic N) is 2. The van der Waals surface area contributed by atoms with Gasteiger partial charge in [0, 0.05) is 23.3 Å². The van der Waals surface area contributed by atoms with Crippen molar-refractivity contribution in [3.8, 4) is 17.4 Å². The van der Waals surface area contributed by atoms with Crippen molar-refractivity contribution in [3.63, 3.8) is 0 Å². The van der Waals surface area contributed by atoms with Crippen molar-refractivity contribution in [2.45, 2.75) is 0 Å². The molecule has 132 valence electrons. The average molecular weight is 360 g/mol. The number of hydrogen-bond acceptors (Lipinski definition) is 6. The highest BCUT2D eigenvalue weighted by molar-refractivity contribution is 6.33. The van der Waals surface area contributed by atoms with E-state index in [1.807, 2.05) is 18.2 Å². The van der Waals surface area contributed by atoms with Gasteiger partial charge in [0.1, 0.15) is 5.69 Å². The summed E-state index contributed by atoms with van der Waals surface area (Å²) in [6.45, 7) is 0. The minimum Gasteiger partial charge on any atom is -0.479 e. The van der Waals surface area contributed by atoms with Crippen LogP contribution in [0.4, 0.5) is 5.69 Å². The summed E-state index contributed by atoms with van der Waals surface area (Å²) in [7, 11) is 0. The zero-order valence-electron chi connectivity index (χ0n) is 13.8. The van der Waals surface area contributed by atoms with E-state index in [4.69, 9.17) is 4.42 Å². The minimum absolute atomic E-state index is 0.0233. The average Bonchev–Trinajstić information content (AvgIpc) is 3.05. The lowest BCUT2D eigenvalue weighted by molar-refractivity contribution is -0.384. The second-order valence-corrected chi connectivity index (χ2v) is 5.86. The summed E-state index contributed by atoms with van der Waals surface area (Å²) < 4.78 is 5.25. The molecule has 7 nitrogen and oxygen atoms in total. The Kier molecular flexibility index (Phi) is 3.89. The molecule has 4 rings (SSSR count). The van der Waals surface area contributed by atoms with Gasteiger partial charge in [0.15, 0.2) is 5.78 Å². The second-order valence-electron chi connectivity index (χ2n) is 5.86. The van der Waals surface area contributed by atoms with Crippen LogP contribution < -0.4 is 0 Å². The van der Waals surface area contributed by atoms with E-state index in [1.54, 1.807) is 18.2 Å². The summed E-state index contributed by atoms with van der Waals surface area (Å²) >= 11 is 0. The van der Waals surface area contributed by atoms with Crippen LogP contribution in [0, 0.1) is 10.1 Å². The fourth-order valence-corrected chi connectivity index (χ4v) is 2.86. The zero-order chi connectivity index (χ0) is 19.0. The number of carbonyl (C=O) groups excluding carboxylic acids is 1. The lowest BCUT2D eigenvalue weighted by Crippen LogP contribution is -2.04. The Morgan fingerprint density at radius 1 is 1.11 bits per heavy atom. The standard InChI is InChI=1S/C20H12N2O5/c23-18-9-8-12-4-1-2-7-15(12)16(18)11-17-20(24)27-19(21-17)13-5-3-6-14(10-13)22(25)26/h1-11,24H/b16-11+. The van der Waals surface area contributed by atoms with Crippen molar-refractivity contribution in [2.24, 2.45) is 0 Å². The van der Waals surface area contributed by atoms with Crippen LogP contribution in [-0.2, 0) is 4.79 Å². The predicted octanol–water partition coefficient (Wildman–Crippen LogP) is 4.09. The fraction of sp³-hybridized carbons (Fsp3) is 0. The third kappa shape index (κ3) is 3.02. The van der Waals surface area contributed by atoms with Crippen LogP contribution in [0.25, 0.3) is 29.2 Å². The summed E-state index contributed by atoms with van der Waals surface area (Å²) in [4.78, 5) is 26.9. The zero-order valence-corrected chi connectivity index (χ0v) is 13.8. The number of ketones is 1. The van der Waals surface area contributed by atoms with Gasteiger partial charge in [0.05, 0.1) is 4.92 Å². The molecule has 0 saturated heterocycles. The lowest BCUT2D eigenvalue weighted by Gasteiger charge is -2.12. The monoisotopic (exact) mass is 360 g/mol. The Bertz CT molecular complexity index is 1140. The largest absolute Gasteiger partial charge is 0.479 e. The SMILES string of the molecule is O=C1C=Cc2ccccc2/C1=C\c1nc(-c2cccc([N+](=O)[O-])c2)oc1O. The van der Waals surface area contributed by atoms with Crippen LogP contribution in [0.15, 0.2) is 59.0 Å². The van der Waals surface area contributed by atoms with Gasteiger partial charge in [0.25, 0.3) is 5.69 Å². The molecule has 1 N–H and O–H groups in total. The number of hydrogen-bond donors (Lipinski definition) is 1. The van der Waals surface area contributed by atoms with Crippen LogP contribution in [0.3, 0.4) is 0 Å². The van der Waals surface area contributed by atoms with Gasteiger partial charge in [-0.05, 0) is 29.3 Å². The molecule has 7 heteroatoms. The van der Waals surface area contributed by atoms with Gasteiger partial charge < -0.3 is 9.52 Å². The van der Waals surface area contributed by atoms with Gasteiger partial charge in [-0.25, -0.2) is 4.98 Å². The van der Waals surface area contributed by atoms with Gasteiger partial charge in [-0.15, -0.1) is 0 Å². The van der Waals surface area contributed by atoms with Crippen LogP contribution >= 0.6 is 0 Å². The van der Waals surface area contributed by atoms with E-state index in [1.165, 1.54) is 30.4 Å². The first-order valence-electron chi connectivity index (χ1n) is 8.01. The maximum absolute atomic E-state index is 12.3. The number of aromatic hydroxyl groups is 1. The molecule has 0 aliphatic heterocycles. The molecule has 0 spiro atoms. The van der Waals surface area contributed by atoms with E-state index in [9.17, 15) is 20.0 Å². The van der Waals surface area contributed by atoms with Crippen LogP contribution in [0.2, 0.25) is 0 Å². The molecule has 0 saturated carbocycles. The third-order valence-corrected chi connectivity index (χ3v) is 4.15. The van der Waals surface area contributed by atoms with Crippen molar-refractivity contribution in [1.82, 2.24) is 4.98 Å². The van der Waals surface area contributed by atoms with E-state index in [0.717, 1.165) is 11.1 Å². The molecule has 0 atom stereocenters. The highest BCUT2D eigenvalue weighted by atomic mass is 16.6. The Morgan fingerprint density at radius 3 is 2.74 bits per heavy atom. The molecule has 0 fully saturated rings. The molecular formula is C20H12N2O5. The second kappa shape index (κ2) is 6.38. The minimum atomic E-state index is -0.529. The lowest BCUT2D eigenvalue weighted by atomic mass is 9.91. The van der Waals surface area contributed by atoms with Gasteiger partial charge in [-0.3, -0.25) is 14.9 Å². The number of oxazole rings is 1. The van der Waals surface area contributed by atoms with Crippen molar-refractivity contribution in [1.29, 1.82) is 0 Å². The first-order chi connectivity index (χ1) is 13.0. The number of carbonyl (C=O) groups is 1. The summed E-state index contributed by atoms with van der Waals surface area (Å²) in [6.07, 6.45) is 4.63. The number of nitro groups is 1. The van der Waals surface area contributed by atoms with Crippen LogP contribution in [0.1, 0.15) is 16.8 Å². The predicted molar refractivity (Wildman–Crippen MR) is 98.6 cm³/mol. The molecular weight excluding hydrogens is 348 g/mol. The number of non-ortho nitro benzene ring substituents is 1. The number of nitro benzene ring substituents is 1. The van der Waals surface area contributed by atoms with E-state index in [0.29, 0.717) is 11.1 Å². The number of aromatic nitrogens is 1. The van der Waals surface area contributed by atoms with Gasteiger partial charge >= 0.3 is 5.95 Å². The number of allylic oxidation sites excluding steroid dienone is 2. The summed E-state index contributed by atoms with van der Waals surface area (Å²) in [5, 5.41) is 21.0. The maximum atomic E-state index is 12.3. The van der Waals surface area contributed by atoms with Gasteiger partial charge in [-0.2, -0.15) is 0 Å². The van der Waals surface area contributed by atoms with E-state index >= 15 is 0 Å². The number of rotatable bonds is 3. The van der Waals surface area contributed by atoms with E-state index in [2.05, 4.69) is 4.98 Å². The fourth-order valence-electron chi connectivity index (χ4n) is 2.86. The number of fused-ring (bicyclic) bond motifs is 1. The molecule has 0 amide bonds. The normalized spacial score (nSPS) is 14.4. The molecule has 2 aromatic carbocycles. The number of benzene rings is 2. The smallest absolute Gasteiger partial charge is 0.310 e. The molecule has 0 bridgehead atoms. The molecule has 0 radical (unpaired) electrons. The summed E-state index contributed by atoms with van der Waals surface area (Å²) in [6, 6.07) is 13.1. The van der Waals surface area contributed by atoms with Crippen molar-refractivity contribution in [2.75, 3.05) is 0 Å². The van der Waals surface area contributed by atoms with Crippen molar-refractivity contribution in [3.05, 3.63) is 81.5 Å². The molecule has 3 aromatic rings. The van der Waals surface area contributed by atoms with E-state index in [-0.39, 0.29) is 23.1 Å². The van der Waals surface area contributed by atoms with Gasteiger partial charge in [-0.1, -0.05) is 36.4 Å². The maximum Gasteiger partial charge on any atom is 0.310 e. The highest BCUT2D eigenvalue weighted by Crippen LogP contribution is 2.33. The van der Waals surface area contributed by atoms with Crippen molar-refractivity contribution >= 4 is 29.2 Å². The summed E-state index contributed by atoms with van der Waals surface area (Å²) in [5.41, 5.74) is 2.29. The molecule has 1 aliphatic rings. The molecule has 1 aliphatic carbocycles. The van der Waals surface area contributed by atoms with Gasteiger partial charge in [0.2, 0.25) is 5.89 Å². The highest BCUT2D eigenvalue weighted by Gasteiger charge is 2.20. The molecule has 1 aromatic heterocycles. The van der Waals surface area contributed by atoms with Crippen LogP contribution in [-0.4, -0.2) is 20.8 Å². The quantitative estimate of drug-likeness (QED) is 0.428. The van der Waals surface area contributed by atoms with Crippen LogP contribution in [0.5, 0.6) is 5.95 Å². The first-order valence-corrected chi connectivity index (χ1v) is 8.01. The topological polar surface area (TPSA) is 106 Å².